The topological polar surface area (TPSA) is 97.6 Å². The minimum atomic E-state index is -0.789. The fraction of sp³-hybridized carbons (Fsp3) is 0.800. The second kappa shape index (κ2) is 5.54. The van der Waals surface area contributed by atoms with E-state index in [0.717, 1.165) is 13.1 Å². The molecule has 1 fully saturated rings. The first-order valence-corrected chi connectivity index (χ1v) is 5.72. The van der Waals surface area contributed by atoms with Gasteiger partial charge < -0.3 is 25.0 Å². The molecular weight excluding hydrogens is 224 g/mol. The summed E-state index contributed by atoms with van der Waals surface area (Å²) in [4.78, 5) is 6.29. The van der Waals surface area contributed by atoms with Gasteiger partial charge in [-0.25, -0.2) is 0 Å². The number of aromatic nitrogens is 2. The van der Waals surface area contributed by atoms with Crippen molar-refractivity contribution in [3.05, 3.63) is 11.7 Å². The largest absolute Gasteiger partial charge is 0.383 e. The van der Waals surface area contributed by atoms with Crippen molar-refractivity contribution >= 4 is 0 Å². The summed E-state index contributed by atoms with van der Waals surface area (Å²) in [6.45, 7) is 2.65. The monoisotopic (exact) mass is 242 g/mol. The Kier molecular flexibility index (Phi) is 4.06. The van der Waals surface area contributed by atoms with Crippen LogP contribution in [0.15, 0.2) is 4.52 Å². The predicted octanol–water partition coefficient (Wildman–Crippen LogP) is -0.545. The van der Waals surface area contributed by atoms with Crippen molar-refractivity contribution in [1.82, 2.24) is 15.0 Å². The lowest BCUT2D eigenvalue weighted by Crippen LogP contribution is -2.35. The fourth-order valence-corrected chi connectivity index (χ4v) is 1.73. The Morgan fingerprint density at radius 2 is 2.47 bits per heavy atom. The number of nitrogens with zero attached hydrogens (tertiary/aromatic N) is 3. The van der Waals surface area contributed by atoms with Gasteiger partial charge in [0.25, 0.3) is 5.89 Å². The first-order valence-electron chi connectivity index (χ1n) is 5.72. The van der Waals surface area contributed by atoms with Gasteiger partial charge in [-0.15, -0.1) is 0 Å². The molecule has 0 bridgehead atoms. The molecule has 2 heterocycles. The summed E-state index contributed by atoms with van der Waals surface area (Å²) in [7, 11) is 2.01. The number of morpholine rings is 1. The van der Waals surface area contributed by atoms with Crippen LogP contribution in [-0.4, -0.2) is 53.4 Å². The van der Waals surface area contributed by atoms with Gasteiger partial charge in [0.05, 0.1) is 6.61 Å². The molecule has 1 aromatic heterocycles. The predicted molar refractivity (Wildman–Crippen MR) is 59.1 cm³/mol. The van der Waals surface area contributed by atoms with E-state index in [4.69, 9.17) is 15.0 Å². The van der Waals surface area contributed by atoms with E-state index in [1.165, 1.54) is 0 Å². The zero-order valence-electron chi connectivity index (χ0n) is 9.87. The molecule has 0 aromatic carbocycles. The van der Waals surface area contributed by atoms with E-state index in [-0.39, 0.29) is 12.0 Å². The first-order chi connectivity index (χ1) is 8.20. The van der Waals surface area contributed by atoms with Crippen LogP contribution < -0.4 is 5.73 Å². The SMILES string of the molecule is CN1CCOC(c2noc(C(O)CCN)n2)C1. The van der Waals surface area contributed by atoms with Crippen LogP contribution in [0, 0.1) is 0 Å². The van der Waals surface area contributed by atoms with E-state index in [1.54, 1.807) is 0 Å². The molecule has 7 nitrogen and oxygen atoms in total. The highest BCUT2D eigenvalue weighted by molar-refractivity contribution is 4.95. The van der Waals surface area contributed by atoms with Gasteiger partial charge in [0.15, 0.2) is 0 Å². The molecule has 0 radical (unpaired) electrons. The summed E-state index contributed by atoms with van der Waals surface area (Å²) in [5.41, 5.74) is 5.35. The Hall–Kier alpha value is -1.02. The average molecular weight is 242 g/mol. The standard InChI is InChI=1S/C10H18N4O3/c1-14-4-5-16-8(6-14)9-12-10(17-13-9)7(15)2-3-11/h7-8,15H,2-6,11H2,1H3. The Morgan fingerprint density at radius 1 is 1.65 bits per heavy atom. The molecule has 0 spiro atoms. The summed E-state index contributed by atoms with van der Waals surface area (Å²) in [5, 5.41) is 13.5. The van der Waals surface area contributed by atoms with Crippen LogP contribution in [-0.2, 0) is 4.74 Å². The molecule has 1 aliphatic heterocycles. The summed E-state index contributed by atoms with van der Waals surface area (Å²) in [6, 6.07) is 0. The number of aliphatic hydroxyl groups excluding tert-OH is 1. The van der Waals surface area contributed by atoms with Crippen molar-refractivity contribution in [2.24, 2.45) is 5.73 Å². The minimum Gasteiger partial charge on any atom is -0.383 e. The summed E-state index contributed by atoms with van der Waals surface area (Å²) in [6.07, 6.45) is -0.563. The molecule has 3 N–H and O–H groups in total. The number of hydrogen-bond donors (Lipinski definition) is 2. The van der Waals surface area contributed by atoms with Gasteiger partial charge in [-0.3, -0.25) is 0 Å². The number of likely N-dealkylation sites (N-methyl/N-ethyl adjacent to an activating group) is 1. The van der Waals surface area contributed by atoms with Gasteiger partial charge in [-0.1, -0.05) is 5.16 Å². The molecule has 96 valence electrons. The van der Waals surface area contributed by atoms with E-state index in [2.05, 4.69) is 15.0 Å². The van der Waals surface area contributed by atoms with Gasteiger partial charge in [-0.2, -0.15) is 4.98 Å². The molecular formula is C10H18N4O3. The lowest BCUT2D eigenvalue weighted by Gasteiger charge is -2.27. The van der Waals surface area contributed by atoms with Crippen molar-refractivity contribution in [3.8, 4) is 0 Å². The van der Waals surface area contributed by atoms with Crippen LogP contribution in [0.2, 0.25) is 0 Å². The van der Waals surface area contributed by atoms with Crippen LogP contribution in [0.25, 0.3) is 0 Å². The molecule has 2 atom stereocenters. The number of hydrogen-bond acceptors (Lipinski definition) is 7. The quantitative estimate of drug-likeness (QED) is 0.731. The maximum atomic E-state index is 9.66. The van der Waals surface area contributed by atoms with Crippen LogP contribution in [0.5, 0.6) is 0 Å². The van der Waals surface area contributed by atoms with Gasteiger partial charge in [-0.05, 0) is 20.0 Å². The third kappa shape index (κ3) is 3.01. The fourth-order valence-electron chi connectivity index (χ4n) is 1.73. The van der Waals surface area contributed by atoms with E-state index >= 15 is 0 Å². The van der Waals surface area contributed by atoms with Gasteiger partial charge in [0.2, 0.25) is 5.82 Å². The Bertz CT molecular complexity index is 357. The van der Waals surface area contributed by atoms with Crippen molar-refractivity contribution in [1.29, 1.82) is 0 Å². The second-order valence-electron chi connectivity index (χ2n) is 4.21. The van der Waals surface area contributed by atoms with Crippen molar-refractivity contribution in [3.63, 3.8) is 0 Å². The zero-order valence-corrected chi connectivity index (χ0v) is 9.87. The van der Waals surface area contributed by atoms with Crippen molar-refractivity contribution < 1.29 is 14.4 Å². The molecule has 0 saturated carbocycles. The highest BCUT2D eigenvalue weighted by Gasteiger charge is 2.25. The van der Waals surface area contributed by atoms with E-state index in [9.17, 15) is 5.11 Å². The molecule has 2 rings (SSSR count). The first kappa shape index (κ1) is 12.4. The third-order valence-electron chi connectivity index (χ3n) is 2.74. The second-order valence-corrected chi connectivity index (χ2v) is 4.21. The lowest BCUT2D eigenvalue weighted by molar-refractivity contribution is -0.0264. The normalized spacial score (nSPS) is 23.8. The molecule has 7 heteroatoms. The van der Waals surface area contributed by atoms with E-state index < -0.39 is 6.10 Å². The summed E-state index contributed by atoms with van der Waals surface area (Å²) >= 11 is 0. The molecule has 1 aromatic rings. The zero-order chi connectivity index (χ0) is 12.3. The highest BCUT2D eigenvalue weighted by atomic mass is 16.5. The molecule has 0 aliphatic carbocycles. The highest BCUT2D eigenvalue weighted by Crippen LogP contribution is 2.21. The maximum Gasteiger partial charge on any atom is 0.255 e. The molecule has 1 saturated heterocycles. The smallest absolute Gasteiger partial charge is 0.255 e. The number of nitrogens with two attached hydrogens (primary N) is 1. The Balaban J connectivity index is 2.02. The Morgan fingerprint density at radius 3 is 3.18 bits per heavy atom. The van der Waals surface area contributed by atoms with Gasteiger partial charge >= 0.3 is 0 Å². The molecule has 1 aliphatic rings. The van der Waals surface area contributed by atoms with Gasteiger partial charge in [0.1, 0.15) is 12.2 Å². The minimum absolute atomic E-state index is 0.184. The number of ether oxygens (including phenoxy) is 1. The average Bonchev–Trinajstić information content (AvgIpc) is 2.78. The molecule has 2 unspecified atom stereocenters. The number of rotatable bonds is 4. The molecule has 17 heavy (non-hydrogen) atoms. The summed E-state index contributed by atoms with van der Waals surface area (Å²) < 4.78 is 10.6. The van der Waals surface area contributed by atoms with E-state index in [0.29, 0.717) is 25.4 Å². The Labute approximate surface area is 99.5 Å². The third-order valence-corrected chi connectivity index (χ3v) is 2.74. The summed E-state index contributed by atoms with van der Waals surface area (Å²) in [5.74, 6) is 0.699. The van der Waals surface area contributed by atoms with Crippen molar-refractivity contribution in [2.75, 3.05) is 33.3 Å². The van der Waals surface area contributed by atoms with Gasteiger partial charge in [0, 0.05) is 13.1 Å². The van der Waals surface area contributed by atoms with E-state index in [1.807, 2.05) is 7.05 Å². The number of aliphatic hydroxyl groups is 1. The van der Waals surface area contributed by atoms with Crippen LogP contribution in [0.4, 0.5) is 0 Å². The van der Waals surface area contributed by atoms with Crippen LogP contribution >= 0.6 is 0 Å². The van der Waals surface area contributed by atoms with Crippen molar-refractivity contribution in [2.45, 2.75) is 18.6 Å². The van der Waals surface area contributed by atoms with Crippen LogP contribution in [0.1, 0.15) is 30.3 Å². The van der Waals surface area contributed by atoms with Crippen LogP contribution in [0.3, 0.4) is 0 Å². The maximum absolute atomic E-state index is 9.66. The molecule has 0 amide bonds. The lowest BCUT2D eigenvalue weighted by atomic mass is 10.2.